The molecule has 0 aromatic heterocycles. The molecule has 1 fully saturated rings. The normalized spacial score (nSPS) is 20.1. The smallest absolute Gasteiger partial charge is 0.416 e. The van der Waals surface area contributed by atoms with Gasteiger partial charge in [0.1, 0.15) is 0 Å². The lowest BCUT2D eigenvalue weighted by molar-refractivity contribution is -0.149. The minimum atomic E-state index is -4.92. The monoisotopic (exact) mass is 569 g/mol. The Balaban J connectivity index is 2.04. The molecule has 39 heavy (non-hydrogen) atoms. The van der Waals surface area contributed by atoms with E-state index < -0.39 is 65.3 Å². The molecule has 3 rings (SSSR count). The molecule has 1 saturated heterocycles. The van der Waals surface area contributed by atoms with E-state index in [1.807, 2.05) is 6.92 Å². The molecule has 0 amide bonds. The lowest BCUT2D eigenvalue weighted by Gasteiger charge is -2.42. The number of halogens is 9. The number of carbonyl (C=O) groups is 1. The van der Waals surface area contributed by atoms with Gasteiger partial charge in [-0.25, -0.2) is 0 Å². The topological polar surface area (TPSA) is 29.5 Å². The quantitative estimate of drug-likeness (QED) is 0.248. The maximum atomic E-state index is 13.7. The van der Waals surface area contributed by atoms with Gasteiger partial charge in [0, 0.05) is 12.6 Å². The number of methoxy groups -OCH3 is 1. The summed E-state index contributed by atoms with van der Waals surface area (Å²) in [7, 11) is 1.24. The minimum Gasteiger partial charge on any atom is -0.469 e. The Morgan fingerprint density at radius 2 is 1.51 bits per heavy atom. The molecule has 216 valence electrons. The van der Waals surface area contributed by atoms with Crippen LogP contribution in [-0.4, -0.2) is 24.5 Å². The van der Waals surface area contributed by atoms with Gasteiger partial charge < -0.3 is 4.74 Å². The van der Waals surface area contributed by atoms with Gasteiger partial charge in [0.25, 0.3) is 0 Å². The van der Waals surface area contributed by atoms with Gasteiger partial charge in [0.15, 0.2) is 0 Å². The van der Waals surface area contributed by atoms with Crippen molar-refractivity contribution in [1.29, 1.82) is 0 Å². The van der Waals surface area contributed by atoms with Crippen LogP contribution >= 0.6 is 0 Å². The van der Waals surface area contributed by atoms with Gasteiger partial charge in [-0.15, -0.1) is 0 Å². The number of hydrogen-bond donors (Lipinski definition) is 0. The number of piperidine rings is 1. The fourth-order valence-electron chi connectivity index (χ4n) is 5.24. The standard InChI is InChI=1S/C27H28F9NO2/c1-3-4-21(24(38)39-2)17-11-12-37(23(14-17)16-5-7-19(8-6-16)25(28,29)30)15-18-13-20(26(31,32)33)9-10-22(18)27(34,35)36/h5-10,13,17,21,23H,3-4,11-12,14-15H2,1-2H3/t17-,21?,23+/m0/s1. The summed E-state index contributed by atoms with van der Waals surface area (Å²) < 4.78 is 126. The summed E-state index contributed by atoms with van der Waals surface area (Å²) in [6.07, 6.45) is -12.7. The first-order valence-electron chi connectivity index (χ1n) is 12.3. The molecule has 1 unspecified atom stereocenters. The Morgan fingerprint density at radius 3 is 2.03 bits per heavy atom. The van der Waals surface area contributed by atoms with Gasteiger partial charge in [-0.05, 0) is 73.2 Å². The minimum absolute atomic E-state index is 0.112. The third kappa shape index (κ3) is 7.46. The van der Waals surface area contributed by atoms with Gasteiger partial charge in [-0.1, -0.05) is 25.5 Å². The molecule has 0 aliphatic carbocycles. The van der Waals surface area contributed by atoms with Crippen molar-refractivity contribution in [2.75, 3.05) is 13.7 Å². The van der Waals surface area contributed by atoms with Gasteiger partial charge in [0.2, 0.25) is 0 Å². The molecule has 3 atom stereocenters. The third-order valence-electron chi connectivity index (χ3n) is 7.16. The van der Waals surface area contributed by atoms with Gasteiger partial charge in [-0.3, -0.25) is 9.69 Å². The number of hydrogen-bond acceptors (Lipinski definition) is 3. The van der Waals surface area contributed by atoms with E-state index in [1.54, 1.807) is 0 Å². The second-order valence-electron chi connectivity index (χ2n) is 9.68. The number of esters is 1. The Labute approximate surface area is 219 Å². The molecule has 2 aromatic carbocycles. The summed E-state index contributed by atoms with van der Waals surface area (Å²) in [4.78, 5) is 14.0. The van der Waals surface area contributed by atoms with E-state index in [1.165, 1.54) is 24.1 Å². The van der Waals surface area contributed by atoms with E-state index in [0.717, 1.165) is 12.1 Å². The number of alkyl halides is 9. The lowest BCUT2D eigenvalue weighted by atomic mass is 9.77. The number of rotatable bonds is 7. The van der Waals surface area contributed by atoms with Crippen molar-refractivity contribution in [2.24, 2.45) is 11.8 Å². The van der Waals surface area contributed by atoms with Crippen LogP contribution in [0.15, 0.2) is 42.5 Å². The van der Waals surface area contributed by atoms with Crippen molar-refractivity contribution >= 4 is 5.97 Å². The number of ether oxygens (including phenoxy) is 1. The second-order valence-corrected chi connectivity index (χ2v) is 9.68. The number of nitrogens with zero attached hydrogens (tertiary/aromatic N) is 1. The molecule has 0 saturated carbocycles. The third-order valence-corrected chi connectivity index (χ3v) is 7.16. The fraction of sp³-hybridized carbons (Fsp3) is 0.519. The van der Waals surface area contributed by atoms with E-state index in [2.05, 4.69) is 0 Å². The molecule has 1 aliphatic heterocycles. The van der Waals surface area contributed by atoms with Crippen LogP contribution in [-0.2, 0) is 34.6 Å². The van der Waals surface area contributed by atoms with Crippen molar-refractivity contribution in [3.05, 3.63) is 70.3 Å². The molecule has 0 spiro atoms. The predicted molar refractivity (Wildman–Crippen MR) is 124 cm³/mol. The molecule has 0 N–H and O–H groups in total. The first kappa shape index (κ1) is 30.8. The van der Waals surface area contributed by atoms with Crippen LogP contribution in [0.3, 0.4) is 0 Å². The first-order valence-corrected chi connectivity index (χ1v) is 12.3. The van der Waals surface area contributed by atoms with Crippen LogP contribution < -0.4 is 0 Å². The van der Waals surface area contributed by atoms with E-state index in [0.29, 0.717) is 43.0 Å². The summed E-state index contributed by atoms with van der Waals surface area (Å²) in [5.74, 6) is -1.28. The van der Waals surface area contributed by atoms with E-state index in [4.69, 9.17) is 4.74 Å². The van der Waals surface area contributed by atoms with Crippen LogP contribution in [0.2, 0.25) is 0 Å². The summed E-state index contributed by atoms with van der Waals surface area (Å²) >= 11 is 0. The van der Waals surface area contributed by atoms with Crippen LogP contribution in [0.25, 0.3) is 0 Å². The number of likely N-dealkylation sites (tertiary alicyclic amines) is 1. The maximum Gasteiger partial charge on any atom is 0.416 e. The maximum absolute atomic E-state index is 13.7. The Hall–Kier alpha value is -2.76. The van der Waals surface area contributed by atoms with Gasteiger partial charge in [-0.2, -0.15) is 39.5 Å². The molecular weight excluding hydrogens is 541 g/mol. The van der Waals surface area contributed by atoms with Crippen LogP contribution in [0.5, 0.6) is 0 Å². The summed E-state index contributed by atoms with van der Waals surface area (Å²) in [6, 6.07) is 4.63. The van der Waals surface area contributed by atoms with E-state index in [9.17, 15) is 44.3 Å². The molecule has 1 heterocycles. The highest BCUT2D eigenvalue weighted by Gasteiger charge is 2.40. The van der Waals surface area contributed by atoms with Crippen molar-refractivity contribution < 1.29 is 49.0 Å². The lowest BCUT2D eigenvalue weighted by Crippen LogP contribution is -2.40. The van der Waals surface area contributed by atoms with Crippen molar-refractivity contribution in [1.82, 2.24) is 4.90 Å². The number of carbonyl (C=O) groups excluding carboxylic acids is 1. The summed E-state index contributed by atoms with van der Waals surface area (Å²) in [5, 5.41) is 0. The zero-order valence-corrected chi connectivity index (χ0v) is 21.2. The van der Waals surface area contributed by atoms with Crippen molar-refractivity contribution in [3.8, 4) is 0 Å². The highest BCUT2D eigenvalue weighted by Crippen LogP contribution is 2.43. The molecular formula is C27H28F9NO2. The van der Waals surface area contributed by atoms with E-state index in [-0.39, 0.29) is 18.9 Å². The van der Waals surface area contributed by atoms with E-state index >= 15 is 0 Å². The molecule has 0 bridgehead atoms. The van der Waals surface area contributed by atoms with Gasteiger partial charge in [0.05, 0.1) is 29.7 Å². The average Bonchev–Trinajstić information content (AvgIpc) is 2.85. The molecule has 2 aromatic rings. The van der Waals surface area contributed by atoms with Crippen LogP contribution in [0.4, 0.5) is 39.5 Å². The predicted octanol–water partition coefficient (Wildman–Crippen LogP) is 8.29. The molecule has 0 radical (unpaired) electrons. The first-order chi connectivity index (χ1) is 18.1. The number of benzene rings is 2. The molecule has 12 heteroatoms. The summed E-state index contributed by atoms with van der Waals surface area (Å²) in [5.41, 5.74) is -3.61. The zero-order valence-electron chi connectivity index (χ0n) is 21.2. The highest BCUT2D eigenvalue weighted by atomic mass is 19.4. The van der Waals surface area contributed by atoms with Crippen LogP contribution in [0, 0.1) is 11.8 Å². The van der Waals surface area contributed by atoms with Crippen molar-refractivity contribution in [3.63, 3.8) is 0 Å². The zero-order chi connectivity index (χ0) is 29.2. The highest BCUT2D eigenvalue weighted by molar-refractivity contribution is 5.72. The van der Waals surface area contributed by atoms with Crippen LogP contribution in [0.1, 0.15) is 66.5 Å². The fourth-order valence-corrected chi connectivity index (χ4v) is 5.24. The average molecular weight is 570 g/mol. The Morgan fingerprint density at radius 1 is 0.923 bits per heavy atom. The molecule has 1 aliphatic rings. The largest absolute Gasteiger partial charge is 0.469 e. The SMILES string of the molecule is CCCC(C(=O)OC)[C@H]1CCN(Cc2cc(C(F)(F)F)ccc2C(F)(F)F)[C@@H](c2ccc(C(F)(F)F)cc2)C1. The second kappa shape index (κ2) is 11.8. The van der Waals surface area contributed by atoms with Crippen molar-refractivity contribution in [2.45, 2.75) is 63.7 Å². The Kier molecular flexibility index (Phi) is 9.29. The summed E-state index contributed by atoms with van der Waals surface area (Å²) in [6.45, 7) is 1.46. The molecule has 3 nitrogen and oxygen atoms in total. The van der Waals surface area contributed by atoms with Gasteiger partial charge >= 0.3 is 24.5 Å². The Bertz CT molecular complexity index is 1120.